The third kappa shape index (κ3) is 16.1. The van der Waals surface area contributed by atoms with Gasteiger partial charge in [-0.1, -0.05) is 78.6 Å². The van der Waals surface area contributed by atoms with E-state index in [-0.39, 0.29) is 5.75 Å². The third-order valence-corrected chi connectivity index (χ3v) is 5.00. The zero-order valence-corrected chi connectivity index (χ0v) is 15.2. The summed E-state index contributed by atoms with van der Waals surface area (Å²) in [6.07, 6.45) is 12.2. The summed E-state index contributed by atoms with van der Waals surface area (Å²) in [5.41, 5.74) is 0. The summed E-state index contributed by atoms with van der Waals surface area (Å²) in [5, 5.41) is 0. The van der Waals surface area contributed by atoms with Crippen LogP contribution in [-0.2, 0) is 14.3 Å². The molecule has 0 heterocycles. The van der Waals surface area contributed by atoms with Crippen molar-refractivity contribution in [3.8, 4) is 0 Å². The molecular weight excluding hydrogens is 284 g/mol. The lowest BCUT2D eigenvalue weighted by Gasteiger charge is -2.06. The van der Waals surface area contributed by atoms with Crippen molar-refractivity contribution in [2.24, 2.45) is 5.92 Å². The van der Waals surface area contributed by atoms with E-state index in [1.165, 1.54) is 38.5 Å². The Labute approximate surface area is 133 Å². The first-order chi connectivity index (χ1) is 9.98. The molecule has 0 fully saturated rings. The van der Waals surface area contributed by atoms with Crippen LogP contribution in [-0.4, -0.2) is 20.8 Å². The largest absolute Gasteiger partial charge is 0.270 e. The first-order valence-electron chi connectivity index (χ1n) is 8.85. The second-order valence-corrected chi connectivity index (χ2v) is 8.21. The highest BCUT2D eigenvalue weighted by Crippen LogP contribution is 2.10. The number of unbranched alkanes of at least 4 members (excludes halogenated alkanes) is 8. The van der Waals surface area contributed by atoms with Gasteiger partial charge in [0.1, 0.15) is 0 Å². The van der Waals surface area contributed by atoms with E-state index in [0.29, 0.717) is 6.61 Å². The van der Waals surface area contributed by atoms with Gasteiger partial charge in [-0.3, -0.25) is 4.18 Å². The Bertz CT molecular complexity index is 310. The van der Waals surface area contributed by atoms with E-state index in [1.807, 2.05) is 0 Å². The molecule has 0 amide bonds. The fourth-order valence-electron chi connectivity index (χ4n) is 2.31. The van der Waals surface area contributed by atoms with Crippen LogP contribution in [0.5, 0.6) is 0 Å². The van der Waals surface area contributed by atoms with E-state index in [9.17, 15) is 8.42 Å². The van der Waals surface area contributed by atoms with E-state index in [2.05, 4.69) is 20.8 Å². The molecule has 0 bridgehead atoms. The smallest absolute Gasteiger partial charge is 0.267 e. The zero-order valence-electron chi connectivity index (χ0n) is 14.4. The van der Waals surface area contributed by atoms with Gasteiger partial charge in [-0.05, 0) is 18.8 Å². The molecule has 0 aliphatic carbocycles. The standard InChI is InChI=1S/C17H36O3S/c1-4-5-6-7-8-9-13-16-21(18,19)20-15-12-10-11-14-17(2)3/h17H,4-16H2,1-3H3. The second kappa shape index (κ2) is 13.6. The summed E-state index contributed by atoms with van der Waals surface area (Å²) in [5.74, 6) is 0.916. The minimum Gasteiger partial charge on any atom is -0.270 e. The predicted molar refractivity (Wildman–Crippen MR) is 91.0 cm³/mol. The van der Waals surface area contributed by atoms with E-state index in [4.69, 9.17) is 4.18 Å². The summed E-state index contributed by atoms with van der Waals surface area (Å²) in [6.45, 7) is 6.98. The molecule has 0 aromatic heterocycles. The Kier molecular flexibility index (Phi) is 13.5. The fourth-order valence-corrected chi connectivity index (χ4v) is 3.36. The van der Waals surface area contributed by atoms with Gasteiger partial charge in [-0.2, -0.15) is 8.42 Å². The average Bonchev–Trinajstić information content (AvgIpc) is 2.41. The SMILES string of the molecule is CCCCCCCCCS(=O)(=O)OCCCCCC(C)C. The molecule has 4 heteroatoms. The van der Waals surface area contributed by atoms with Crippen LogP contribution in [0.1, 0.15) is 91.4 Å². The van der Waals surface area contributed by atoms with Crippen molar-refractivity contribution >= 4 is 10.1 Å². The van der Waals surface area contributed by atoms with Crippen LogP contribution in [0.2, 0.25) is 0 Å². The van der Waals surface area contributed by atoms with Crippen LogP contribution < -0.4 is 0 Å². The highest BCUT2D eigenvalue weighted by atomic mass is 32.2. The van der Waals surface area contributed by atoms with Gasteiger partial charge in [0, 0.05) is 0 Å². The van der Waals surface area contributed by atoms with Crippen LogP contribution in [0.15, 0.2) is 0 Å². The van der Waals surface area contributed by atoms with E-state index < -0.39 is 10.1 Å². The summed E-state index contributed by atoms with van der Waals surface area (Å²) < 4.78 is 28.4. The molecule has 3 nitrogen and oxygen atoms in total. The highest BCUT2D eigenvalue weighted by Gasteiger charge is 2.10. The van der Waals surface area contributed by atoms with Gasteiger partial charge >= 0.3 is 0 Å². The van der Waals surface area contributed by atoms with Crippen LogP contribution >= 0.6 is 0 Å². The summed E-state index contributed by atoms with van der Waals surface area (Å²) in [7, 11) is -3.28. The molecule has 0 aromatic rings. The molecule has 0 spiro atoms. The van der Waals surface area contributed by atoms with Crippen molar-refractivity contribution in [2.45, 2.75) is 91.4 Å². The van der Waals surface area contributed by atoms with Gasteiger partial charge in [0.05, 0.1) is 12.4 Å². The second-order valence-electron chi connectivity index (χ2n) is 6.45. The van der Waals surface area contributed by atoms with Crippen LogP contribution in [0.4, 0.5) is 0 Å². The van der Waals surface area contributed by atoms with Crippen LogP contribution in [0.25, 0.3) is 0 Å². The van der Waals surface area contributed by atoms with Gasteiger partial charge in [0.2, 0.25) is 0 Å². The molecule has 0 aliphatic heterocycles. The van der Waals surface area contributed by atoms with Crippen molar-refractivity contribution < 1.29 is 12.6 Å². The zero-order chi connectivity index (χ0) is 16.0. The number of rotatable bonds is 15. The van der Waals surface area contributed by atoms with Crippen molar-refractivity contribution in [1.29, 1.82) is 0 Å². The molecule has 0 N–H and O–H groups in total. The van der Waals surface area contributed by atoms with Gasteiger partial charge in [0.15, 0.2) is 0 Å². The quantitative estimate of drug-likeness (QED) is 0.304. The van der Waals surface area contributed by atoms with E-state index in [0.717, 1.165) is 38.0 Å². The summed E-state index contributed by atoms with van der Waals surface area (Å²) in [4.78, 5) is 0. The normalized spacial score (nSPS) is 12.2. The fraction of sp³-hybridized carbons (Fsp3) is 1.00. The van der Waals surface area contributed by atoms with E-state index in [1.54, 1.807) is 0 Å². The molecule has 0 atom stereocenters. The Morgan fingerprint density at radius 3 is 2.00 bits per heavy atom. The maximum absolute atomic E-state index is 11.7. The van der Waals surface area contributed by atoms with Crippen molar-refractivity contribution in [3.63, 3.8) is 0 Å². The number of hydrogen-bond donors (Lipinski definition) is 0. The van der Waals surface area contributed by atoms with Crippen molar-refractivity contribution in [3.05, 3.63) is 0 Å². The predicted octanol–water partition coefficient (Wildman–Crippen LogP) is 5.30. The Hall–Kier alpha value is -0.0900. The summed E-state index contributed by atoms with van der Waals surface area (Å²) in [6, 6.07) is 0. The average molecular weight is 321 g/mol. The molecule has 0 saturated carbocycles. The first kappa shape index (κ1) is 20.9. The lowest BCUT2D eigenvalue weighted by atomic mass is 10.1. The molecule has 128 valence electrons. The first-order valence-corrected chi connectivity index (χ1v) is 10.4. The van der Waals surface area contributed by atoms with Gasteiger partial charge in [-0.15, -0.1) is 0 Å². The van der Waals surface area contributed by atoms with Gasteiger partial charge in [-0.25, -0.2) is 0 Å². The third-order valence-electron chi connectivity index (χ3n) is 3.69. The Balaban J connectivity index is 3.44. The molecule has 0 aliphatic rings. The lowest BCUT2D eigenvalue weighted by molar-refractivity contribution is 0.304. The Morgan fingerprint density at radius 2 is 1.38 bits per heavy atom. The lowest BCUT2D eigenvalue weighted by Crippen LogP contribution is -2.11. The van der Waals surface area contributed by atoms with Crippen molar-refractivity contribution in [1.82, 2.24) is 0 Å². The molecule has 0 rings (SSSR count). The maximum Gasteiger partial charge on any atom is 0.267 e. The Morgan fingerprint density at radius 1 is 0.810 bits per heavy atom. The molecular formula is C17H36O3S. The van der Waals surface area contributed by atoms with Crippen LogP contribution in [0.3, 0.4) is 0 Å². The minimum absolute atomic E-state index is 0.187. The van der Waals surface area contributed by atoms with Crippen LogP contribution in [0, 0.1) is 5.92 Å². The minimum atomic E-state index is -3.28. The molecule has 0 saturated heterocycles. The summed E-state index contributed by atoms with van der Waals surface area (Å²) >= 11 is 0. The molecule has 0 radical (unpaired) electrons. The van der Waals surface area contributed by atoms with Crippen molar-refractivity contribution in [2.75, 3.05) is 12.4 Å². The van der Waals surface area contributed by atoms with Gasteiger partial charge in [0.25, 0.3) is 10.1 Å². The topological polar surface area (TPSA) is 43.4 Å². The maximum atomic E-state index is 11.7. The molecule has 0 unspecified atom stereocenters. The molecule has 0 aromatic carbocycles. The van der Waals surface area contributed by atoms with Gasteiger partial charge < -0.3 is 0 Å². The van der Waals surface area contributed by atoms with E-state index >= 15 is 0 Å². The monoisotopic (exact) mass is 320 g/mol. The highest BCUT2D eigenvalue weighted by molar-refractivity contribution is 7.86. The number of hydrogen-bond acceptors (Lipinski definition) is 3. The molecule has 21 heavy (non-hydrogen) atoms.